The van der Waals surface area contributed by atoms with Crippen molar-refractivity contribution in [1.29, 1.82) is 0 Å². The van der Waals surface area contributed by atoms with E-state index in [9.17, 15) is 0 Å². The lowest BCUT2D eigenvalue weighted by Gasteiger charge is -2.12. The van der Waals surface area contributed by atoms with Crippen LogP contribution in [0, 0.1) is 0 Å². The number of benzene rings is 1. The molecule has 110 valence electrons. The van der Waals surface area contributed by atoms with E-state index in [2.05, 4.69) is 51.0 Å². The second kappa shape index (κ2) is 6.10. The van der Waals surface area contributed by atoms with Crippen LogP contribution in [-0.4, -0.2) is 19.7 Å². The Balaban J connectivity index is 1.68. The number of aromatic amines is 1. The molecule has 0 saturated carbocycles. The summed E-state index contributed by atoms with van der Waals surface area (Å²) < 4.78 is 2.05. The predicted octanol–water partition coefficient (Wildman–Crippen LogP) is 3.02. The Hall–Kier alpha value is -2.14. The summed E-state index contributed by atoms with van der Waals surface area (Å²) in [5, 5.41) is 7.85. The Bertz CT molecular complexity index is 679. The Morgan fingerprint density at radius 2 is 2.14 bits per heavy atom. The fourth-order valence-electron chi connectivity index (χ4n) is 2.46. The van der Waals surface area contributed by atoms with Crippen LogP contribution in [0.4, 0.5) is 0 Å². The number of rotatable bonds is 6. The van der Waals surface area contributed by atoms with Gasteiger partial charge in [-0.25, -0.2) is 4.98 Å². The van der Waals surface area contributed by atoms with Gasteiger partial charge in [-0.05, 0) is 31.5 Å². The molecule has 21 heavy (non-hydrogen) atoms. The second-order valence-electron chi connectivity index (χ2n) is 5.29. The Morgan fingerprint density at radius 3 is 2.95 bits per heavy atom. The van der Waals surface area contributed by atoms with Gasteiger partial charge in [-0.2, -0.15) is 5.10 Å². The van der Waals surface area contributed by atoms with Crippen molar-refractivity contribution in [3.05, 3.63) is 48.0 Å². The van der Waals surface area contributed by atoms with Crippen molar-refractivity contribution < 1.29 is 0 Å². The van der Waals surface area contributed by atoms with E-state index >= 15 is 0 Å². The number of fused-ring (bicyclic) bond motifs is 1. The van der Waals surface area contributed by atoms with Crippen LogP contribution in [0.2, 0.25) is 0 Å². The first-order chi connectivity index (χ1) is 10.3. The van der Waals surface area contributed by atoms with Crippen molar-refractivity contribution in [2.45, 2.75) is 39.4 Å². The Morgan fingerprint density at radius 1 is 1.29 bits per heavy atom. The van der Waals surface area contributed by atoms with Gasteiger partial charge in [0.05, 0.1) is 22.8 Å². The van der Waals surface area contributed by atoms with E-state index in [0.29, 0.717) is 0 Å². The standard InChI is InChI=1S/C16H21N5/c1-3-10-21-13(8-9-18-21)11-17-12(2)16-19-14-6-4-5-7-15(14)20-16/h4-9,12,17H,3,10-11H2,1-2H3,(H,19,20). The summed E-state index contributed by atoms with van der Waals surface area (Å²) in [4.78, 5) is 8.00. The minimum atomic E-state index is 0.169. The molecule has 3 rings (SSSR count). The van der Waals surface area contributed by atoms with Crippen molar-refractivity contribution in [3.63, 3.8) is 0 Å². The molecule has 0 spiro atoms. The van der Waals surface area contributed by atoms with E-state index in [-0.39, 0.29) is 6.04 Å². The lowest BCUT2D eigenvalue weighted by molar-refractivity contribution is 0.506. The lowest BCUT2D eigenvalue weighted by Crippen LogP contribution is -2.21. The molecule has 0 radical (unpaired) electrons. The van der Waals surface area contributed by atoms with E-state index in [1.807, 2.05) is 24.4 Å². The highest BCUT2D eigenvalue weighted by Crippen LogP contribution is 2.15. The smallest absolute Gasteiger partial charge is 0.124 e. The van der Waals surface area contributed by atoms with Gasteiger partial charge in [0.2, 0.25) is 0 Å². The number of aromatic nitrogens is 4. The molecule has 3 aromatic rings. The van der Waals surface area contributed by atoms with E-state index in [4.69, 9.17) is 0 Å². The molecule has 0 aliphatic heterocycles. The zero-order chi connectivity index (χ0) is 14.7. The predicted molar refractivity (Wildman–Crippen MR) is 83.9 cm³/mol. The number of imidazole rings is 1. The molecule has 5 heteroatoms. The molecule has 1 atom stereocenters. The fraction of sp³-hybridized carbons (Fsp3) is 0.375. The van der Waals surface area contributed by atoms with E-state index < -0.39 is 0 Å². The zero-order valence-electron chi connectivity index (χ0n) is 12.5. The molecule has 1 unspecified atom stereocenters. The number of hydrogen-bond donors (Lipinski definition) is 2. The number of H-pyrrole nitrogens is 1. The minimum Gasteiger partial charge on any atom is -0.341 e. The molecule has 0 fully saturated rings. The molecule has 2 heterocycles. The highest BCUT2D eigenvalue weighted by atomic mass is 15.3. The molecule has 0 saturated heterocycles. The first-order valence-corrected chi connectivity index (χ1v) is 7.46. The van der Waals surface area contributed by atoms with E-state index in [1.165, 1.54) is 5.69 Å². The average molecular weight is 283 g/mol. The fourth-order valence-corrected chi connectivity index (χ4v) is 2.46. The van der Waals surface area contributed by atoms with Crippen LogP contribution >= 0.6 is 0 Å². The van der Waals surface area contributed by atoms with Crippen LogP contribution < -0.4 is 5.32 Å². The van der Waals surface area contributed by atoms with Crippen LogP contribution in [0.3, 0.4) is 0 Å². The first-order valence-electron chi connectivity index (χ1n) is 7.46. The van der Waals surface area contributed by atoms with Gasteiger partial charge in [0.15, 0.2) is 0 Å². The highest BCUT2D eigenvalue weighted by molar-refractivity contribution is 5.74. The molecule has 0 aliphatic rings. The monoisotopic (exact) mass is 283 g/mol. The summed E-state index contributed by atoms with van der Waals surface area (Å²) in [6.45, 7) is 6.04. The normalized spacial score (nSPS) is 12.9. The lowest BCUT2D eigenvalue weighted by atomic mass is 10.3. The summed E-state index contributed by atoms with van der Waals surface area (Å²) in [5.41, 5.74) is 3.30. The molecule has 2 aromatic heterocycles. The molecular weight excluding hydrogens is 262 g/mol. The van der Waals surface area contributed by atoms with Crippen LogP contribution in [0.25, 0.3) is 11.0 Å². The number of para-hydroxylation sites is 2. The van der Waals surface area contributed by atoms with Crippen LogP contribution in [0.15, 0.2) is 36.5 Å². The topological polar surface area (TPSA) is 58.5 Å². The Labute approximate surface area is 124 Å². The number of nitrogens with one attached hydrogen (secondary N) is 2. The van der Waals surface area contributed by atoms with Crippen molar-refractivity contribution in [2.75, 3.05) is 0 Å². The van der Waals surface area contributed by atoms with Crippen LogP contribution in [0.1, 0.15) is 37.8 Å². The maximum Gasteiger partial charge on any atom is 0.124 e. The van der Waals surface area contributed by atoms with Crippen molar-refractivity contribution >= 4 is 11.0 Å². The first kappa shape index (κ1) is 13.8. The SMILES string of the molecule is CCCn1nccc1CNC(C)c1nc2ccccc2[nH]1. The van der Waals surface area contributed by atoms with Gasteiger partial charge < -0.3 is 10.3 Å². The molecular formula is C16H21N5. The molecule has 5 nitrogen and oxygen atoms in total. The number of hydrogen-bond acceptors (Lipinski definition) is 3. The maximum atomic E-state index is 4.63. The van der Waals surface area contributed by atoms with Gasteiger partial charge in [-0.3, -0.25) is 4.68 Å². The van der Waals surface area contributed by atoms with Gasteiger partial charge in [0.1, 0.15) is 5.82 Å². The largest absolute Gasteiger partial charge is 0.341 e. The summed E-state index contributed by atoms with van der Waals surface area (Å²) in [6, 6.07) is 10.3. The van der Waals surface area contributed by atoms with Gasteiger partial charge in [0, 0.05) is 19.3 Å². The van der Waals surface area contributed by atoms with Crippen molar-refractivity contribution in [3.8, 4) is 0 Å². The summed E-state index contributed by atoms with van der Waals surface area (Å²) in [6.07, 6.45) is 2.95. The summed E-state index contributed by atoms with van der Waals surface area (Å²) in [7, 11) is 0. The maximum absolute atomic E-state index is 4.63. The van der Waals surface area contributed by atoms with E-state index in [0.717, 1.165) is 36.4 Å². The number of aryl methyl sites for hydroxylation is 1. The summed E-state index contributed by atoms with van der Waals surface area (Å²) in [5.74, 6) is 0.970. The second-order valence-corrected chi connectivity index (χ2v) is 5.29. The van der Waals surface area contributed by atoms with Crippen molar-refractivity contribution in [2.24, 2.45) is 0 Å². The average Bonchev–Trinajstić information content (AvgIpc) is 3.11. The summed E-state index contributed by atoms with van der Waals surface area (Å²) >= 11 is 0. The number of nitrogens with zero attached hydrogens (tertiary/aromatic N) is 3. The van der Waals surface area contributed by atoms with Gasteiger partial charge in [-0.1, -0.05) is 19.1 Å². The van der Waals surface area contributed by atoms with E-state index in [1.54, 1.807) is 0 Å². The minimum absolute atomic E-state index is 0.169. The molecule has 2 N–H and O–H groups in total. The zero-order valence-corrected chi connectivity index (χ0v) is 12.5. The molecule has 1 aromatic carbocycles. The van der Waals surface area contributed by atoms with Gasteiger partial charge in [0.25, 0.3) is 0 Å². The third kappa shape index (κ3) is 2.97. The van der Waals surface area contributed by atoms with Crippen molar-refractivity contribution in [1.82, 2.24) is 25.1 Å². The van der Waals surface area contributed by atoms with Gasteiger partial charge >= 0.3 is 0 Å². The molecule has 0 bridgehead atoms. The Kier molecular flexibility index (Phi) is 4.01. The molecule has 0 amide bonds. The quantitative estimate of drug-likeness (QED) is 0.731. The highest BCUT2D eigenvalue weighted by Gasteiger charge is 2.11. The van der Waals surface area contributed by atoms with Crippen LogP contribution in [-0.2, 0) is 13.1 Å². The van der Waals surface area contributed by atoms with Crippen LogP contribution in [0.5, 0.6) is 0 Å². The van der Waals surface area contributed by atoms with Gasteiger partial charge in [-0.15, -0.1) is 0 Å². The molecule has 0 aliphatic carbocycles. The third-order valence-corrected chi connectivity index (χ3v) is 3.65. The third-order valence-electron chi connectivity index (χ3n) is 3.65.